The molecule has 1 heterocycles. The van der Waals surface area contributed by atoms with Crippen molar-refractivity contribution in [2.75, 3.05) is 12.3 Å². The molecule has 0 saturated carbocycles. The van der Waals surface area contributed by atoms with Gasteiger partial charge in [-0.15, -0.1) is 0 Å². The number of nitrogens with zero attached hydrogens (tertiary/aromatic N) is 2. The second-order valence-corrected chi connectivity index (χ2v) is 5.02. The number of nitrogen functional groups attached to an aromatic ring is 1. The lowest BCUT2D eigenvalue weighted by Gasteiger charge is -2.08. The number of halogens is 2. The van der Waals surface area contributed by atoms with Crippen LogP contribution in [0.4, 0.5) is 5.69 Å². The van der Waals surface area contributed by atoms with Crippen molar-refractivity contribution >= 4 is 33.2 Å². The van der Waals surface area contributed by atoms with Crippen LogP contribution in [-0.4, -0.2) is 16.2 Å². The highest BCUT2D eigenvalue weighted by atomic mass is 79.9. The smallest absolute Gasteiger partial charge is 0.278 e. The molecule has 7 heteroatoms. The van der Waals surface area contributed by atoms with E-state index in [-0.39, 0.29) is 16.4 Å². The maximum Gasteiger partial charge on any atom is 0.278 e. The van der Waals surface area contributed by atoms with Gasteiger partial charge in [0.1, 0.15) is 18.0 Å². The van der Waals surface area contributed by atoms with E-state index in [1.54, 1.807) is 0 Å². The van der Waals surface area contributed by atoms with Gasteiger partial charge in [0, 0.05) is 4.47 Å². The van der Waals surface area contributed by atoms with Crippen molar-refractivity contribution in [1.29, 1.82) is 0 Å². The Morgan fingerprint density at radius 1 is 1.37 bits per heavy atom. The number of rotatable bonds is 4. The molecule has 1 aromatic heterocycles. The summed E-state index contributed by atoms with van der Waals surface area (Å²) in [6.45, 7) is 0.688. The van der Waals surface area contributed by atoms with Gasteiger partial charge in [0.25, 0.3) is 5.56 Å². The van der Waals surface area contributed by atoms with E-state index in [0.717, 1.165) is 10.2 Å². The quantitative estimate of drug-likeness (QED) is 0.864. The molecule has 19 heavy (non-hydrogen) atoms. The zero-order valence-electron chi connectivity index (χ0n) is 9.85. The maximum atomic E-state index is 11.7. The summed E-state index contributed by atoms with van der Waals surface area (Å²) in [6.07, 6.45) is 1.35. The summed E-state index contributed by atoms with van der Waals surface area (Å²) < 4.78 is 7.85. The standard InChI is InChI=1S/C12H11BrClN3O2/c13-8-1-3-9(4-2-8)19-6-5-17-7-16-11(14)10(15)12(17)18/h1-4,7H,5-6,15H2. The molecule has 2 N–H and O–H groups in total. The summed E-state index contributed by atoms with van der Waals surface area (Å²) in [5, 5.41) is 0.0232. The van der Waals surface area contributed by atoms with Crippen LogP contribution in [-0.2, 0) is 6.54 Å². The normalized spacial score (nSPS) is 10.4. The highest BCUT2D eigenvalue weighted by Crippen LogP contribution is 2.16. The minimum Gasteiger partial charge on any atom is -0.492 e. The average Bonchev–Trinajstić information content (AvgIpc) is 2.41. The van der Waals surface area contributed by atoms with Crippen molar-refractivity contribution in [3.63, 3.8) is 0 Å². The van der Waals surface area contributed by atoms with Crippen molar-refractivity contribution in [3.05, 3.63) is 50.6 Å². The van der Waals surface area contributed by atoms with Gasteiger partial charge < -0.3 is 10.5 Å². The predicted octanol–water partition coefficient (Wildman–Crippen LogP) is 2.32. The van der Waals surface area contributed by atoms with Gasteiger partial charge in [-0.3, -0.25) is 9.36 Å². The Hall–Kier alpha value is -1.53. The highest BCUT2D eigenvalue weighted by molar-refractivity contribution is 9.10. The molecule has 0 atom stereocenters. The van der Waals surface area contributed by atoms with Crippen LogP contribution in [0.1, 0.15) is 0 Å². The second kappa shape index (κ2) is 6.08. The third kappa shape index (κ3) is 3.48. The van der Waals surface area contributed by atoms with E-state index >= 15 is 0 Å². The minimum atomic E-state index is -0.362. The van der Waals surface area contributed by atoms with Crippen molar-refractivity contribution in [3.8, 4) is 5.75 Å². The zero-order chi connectivity index (χ0) is 13.8. The van der Waals surface area contributed by atoms with Crippen molar-refractivity contribution in [1.82, 2.24) is 9.55 Å². The Balaban J connectivity index is 1.98. The van der Waals surface area contributed by atoms with E-state index in [0.29, 0.717) is 13.2 Å². The lowest BCUT2D eigenvalue weighted by atomic mass is 10.3. The number of anilines is 1. The predicted molar refractivity (Wildman–Crippen MR) is 77.6 cm³/mol. The van der Waals surface area contributed by atoms with Crippen LogP contribution in [0.25, 0.3) is 0 Å². The molecule has 0 saturated heterocycles. The number of benzene rings is 1. The minimum absolute atomic E-state index is 0.0232. The molecule has 0 fully saturated rings. The Bertz CT molecular complexity index is 628. The summed E-state index contributed by atoms with van der Waals surface area (Å²) in [4.78, 5) is 15.5. The van der Waals surface area contributed by atoms with E-state index in [1.165, 1.54) is 10.9 Å². The zero-order valence-corrected chi connectivity index (χ0v) is 12.2. The van der Waals surface area contributed by atoms with Crippen LogP contribution in [0.5, 0.6) is 5.75 Å². The van der Waals surface area contributed by atoms with E-state index in [2.05, 4.69) is 20.9 Å². The van der Waals surface area contributed by atoms with Gasteiger partial charge in [0.15, 0.2) is 5.15 Å². The molecule has 2 rings (SSSR count). The summed E-state index contributed by atoms with van der Waals surface area (Å²) in [5.74, 6) is 0.728. The fourth-order valence-corrected chi connectivity index (χ4v) is 1.83. The second-order valence-electron chi connectivity index (χ2n) is 3.75. The van der Waals surface area contributed by atoms with Gasteiger partial charge in [-0.2, -0.15) is 0 Å². The lowest BCUT2D eigenvalue weighted by Crippen LogP contribution is -2.26. The van der Waals surface area contributed by atoms with E-state index < -0.39 is 0 Å². The summed E-state index contributed by atoms with van der Waals surface area (Å²) in [7, 11) is 0. The van der Waals surface area contributed by atoms with Gasteiger partial charge >= 0.3 is 0 Å². The van der Waals surface area contributed by atoms with Crippen molar-refractivity contribution in [2.45, 2.75) is 6.54 Å². The van der Waals surface area contributed by atoms with Gasteiger partial charge in [-0.05, 0) is 24.3 Å². The molecular formula is C12H11BrClN3O2. The first-order valence-electron chi connectivity index (χ1n) is 5.46. The molecule has 2 aromatic rings. The number of aromatic nitrogens is 2. The maximum absolute atomic E-state index is 11.7. The molecule has 0 aliphatic heterocycles. The number of nitrogens with two attached hydrogens (primary N) is 1. The first-order valence-corrected chi connectivity index (χ1v) is 6.64. The Morgan fingerprint density at radius 2 is 2.05 bits per heavy atom. The molecule has 1 aromatic carbocycles. The lowest BCUT2D eigenvalue weighted by molar-refractivity contribution is 0.295. The van der Waals surface area contributed by atoms with E-state index in [4.69, 9.17) is 22.1 Å². The van der Waals surface area contributed by atoms with Crippen LogP contribution >= 0.6 is 27.5 Å². The molecule has 0 unspecified atom stereocenters. The van der Waals surface area contributed by atoms with Crippen molar-refractivity contribution < 1.29 is 4.74 Å². The molecule has 0 aliphatic rings. The van der Waals surface area contributed by atoms with Gasteiger partial charge in [-0.25, -0.2) is 4.98 Å². The topological polar surface area (TPSA) is 70.1 Å². The van der Waals surface area contributed by atoms with Crippen LogP contribution in [0, 0.1) is 0 Å². The molecule has 0 amide bonds. The molecule has 0 radical (unpaired) electrons. The summed E-state index contributed by atoms with van der Waals surface area (Å²) >= 11 is 8.98. The Labute approximate surface area is 123 Å². The molecule has 0 spiro atoms. The Kier molecular flexibility index (Phi) is 4.44. The van der Waals surface area contributed by atoms with Crippen LogP contribution < -0.4 is 16.0 Å². The first kappa shape index (κ1) is 13.9. The molecule has 5 nitrogen and oxygen atoms in total. The summed E-state index contributed by atoms with van der Waals surface area (Å²) in [5.41, 5.74) is 5.10. The highest BCUT2D eigenvalue weighted by Gasteiger charge is 2.05. The Morgan fingerprint density at radius 3 is 2.74 bits per heavy atom. The van der Waals surface area contributed by atoms with Crippen molar-refractivity contribution in [2.24, 2.45) is 0 Å². The average molecular weight is 345 g/mol. The SMILES string of the molecule is Nc1c(Cl)ncn(CCOc2ccc(Br)cc2)c1=O. The molecule has 0 aliphatic carbocycles. The number of ether oxygens (including phenoxy) is 1. The fraction of sp³-hybridized carbons (Fsp3) is 0.167. The van der Waals surface area contributed by atoms with Gasteiger partial charge in [0.2, 0.25) is 0 Å². The van der Waals surface area contributed by atoms with Crippen LogP contribution in [0.2, 0.25) is 5.15 Å². The molecule has 100 valence electrons. The number of hydrogen-bond acceptors (Lipinski definition) is 4. The number of hydrogen-bond donors (Lipinski definition) is 1. The van der Waals surface area contributed by atoms with Crippen LogP contribution in [0.3, 0.4) is 0 Å². The third-order valence-corrected chi connectivity index (χ3v) is 3.27. The fourth-order valence-electron chi connectivity index (χ4n) is 1.44. The van der Waals surface area contributed by atoms with Gasteiger partial charge in [-0.1, -0.05) is 27.5 Å². The summed E-state index contributed by atoms with van der Waals surface area (Å²) in [6, 6.07) is 7.43. The van der Waals surface area contributed by atoms with E-state index in [1.807, 2.05) is 24.3 Å². The third-order valence-electron chi connectivity index (χ3n) is 2.44. The molecule has 0 bridgehead atoms. The first-order chi connectivity index (χ1) is 9.08. The van der Waals surface area contributed by atoms with E-state index in [9.17, 15) is 4.79 Å². The van der Waals surface area contributed by atoms with Gasteiger partial charge in [0.05, 0.1) is 12.9 Å². The largest absolute Gasteiger partial charge is 0.492 e. The molecular weight excluding hydrogens is 334 g/mol. The van der Waals surface area contributed by atoms with Crippen LogP contribution in [0.15, 0.2) is 39.9 Å². The monoisotopic (exact) mass is 343 g/mol.